The van der Waals surface area contributed by atoms with Gasteiger partial charge in [0.05, 0.1) is 30.6 Å². The van der Waals surface area contributed by atoms with E-state index in [1.807, 2.05) is 61.5 Å². The van der Waals surface area contributed by atoms with Gasteiger partial charge in [-0.05, 0) is 60.2 Å². The molecule has 0 bridgehead atoms. The maximum atomic E-state index is 14.4. The third-order valence-electron chi connectivity index (χ3n) is 8.77. The second kappa shape index (κ2) is 18.0. The smallest absolute Gasteiger partial charge is 0.414 e. The van der Waals surface area contributed by atoms with E-state index in [0.29, 0.717) is 53.2 Å². The van der Waals surface area contributed by atoms with Gasteiger partial charge in [0.15, 0.2) is 0 Å². The quantitative estimate of drug-likeness (QED) is 0.0971. The number of ether oxygens (including phenoxy) is 2. The lowest BCUT2D eigenvalue weighted by Gasteiger charge is -2.23. The molecule has 0 aliphatic carbocycles. The highest BCUT2D eigenvalue weighted by atomic mass is 16.6. The summed E-state index contributed by atoms with van der Waals surface area (Å²) in [7, 11) is 0. The van der Waals surface area contributed by atoms with E-state index in [2.05, 4.69) is 13.8 Å². The molecular weight excluding hydrogens is 642 g/mol. The SMILES string of the molecule is CCCCOC(=O)N(Cc1ccccc1)c1ccc2nc(CCCC)n(Cc3ccc(OC(C(=O)O)c4ccccc4)c(CCC)c3)c(=O)c2c1. The Bertz CT molecular complexity index is 1980. The molecule has 1 N–H and O–H groups in total. The molecule has 0 fully saturated rings. The van der Waals surface area contributed by atoms with Crippen LogP contribution in [0.3, 0.4) is 0 Å². The number of aryl methyl sites for hydroxylation is 2. The Kier molecular flexibility index (Phi) is 13.0. The number of unbranched alkanes of at least 4 members (excludes halogenated alkanes) is 2. The number of rotatable bonds is 17. The monoisotopic (exact) mass is 689 g/mol. The Balaban J connectivity index is 1.52. The minimum atomic E-state index is -1.15. The van der Waals surface area contributed by atoms with E-state index in [1.54, 1.807) is 51.9 Å². The van der Waals surface area contributed by atoms with Crippen molar-refractivity contribution in [3.8, 4) is 5.75 Å². The molecule has 9 heteroatoms. The van der Waals surface area contributed by atoms with E-state index >= 15 is 0 Å². The fourth-order valence-corrected chi connectivity index (χ4v) is 6.03. The Morgan fingerprint density at radius 1 is 0.824 bits per heavy atom. The molecule has 0 spiro atoms. The van der Waals surface area contributed by atoms with Crippen molar-refractivity contribution in [3.63, 3.8) is 0 Å². The topological polar surface area (TPSA) is 111 Å². The number of carbonyl (C=O) groups is 2. The first-order valence-corrected chi connectivity index (χ1v) is 17.9. The largest absolute Gasteiger partial charge is 0.478 e. The Morgan fingerprint density at radius 3 is 2.24 bits per heavy atom. The van der Waals surface area contributed by atoms with Gasteiger partial charge in [0.25, 0.3) is 5.56 Å². The first-order valence-electron chi connectivity index (χ1n) is 17.9. The molecule has 9 nitrogen and oxygen atoms in total. The molecule has 4 aromatic carbocycles. The van der Waals surface area contributed by atoms with Crippen molar-refractivity contribution in [2.75, 3.05) is 11.5 Å². The van der Waals surface area contributed by atoms with E-state index in [4.69, 9.17) is 14.5 Å². The molecule has 51 heavy (non-hydrogen) atoms. The summed E-state index contributed by atoms with van der Waals surface area (Å²) in [5.74, 6) is 0.119. The summed E-state index contributed by atoms with van der Waals surface area (Å²) in [4.78, 5) is 46.5. The van der Waals surface area contributed by atoms with Crippen LogP contribution in [-0.2, 0) is 35.5 Å². The summed E-state index contributed by atoms with van der Waals surface area (Å²) in [5, 5.41) is 10.4. The number of carboxylic acid groups (broad SMARTS) is 1. The summed E-state index contributed by atoms with van der Waals surface area (Å²) >= 11 is 0. The van der Waals surface area contributed by atoms with Crippen LogP contribution >= 0.6 is 0 Å². The van der Waals surface area contributed by atoms with Gasteiger partial charge in [0.1, 0.15) is 11.6 Å². The highest BCUT2D eigenvalue weighted by molar-refractivity contribution is 5.91. The summed E-state index contributed by atoms with van der Waals surface area (Å²) in [6.45, 7) is 7.08. The number of carboxylic acids is 1. The van der Waals surface area contributed by atoms with E-state index in [-0.39, 0.29) is 18.6 Å². The van der Waals surface area contributed by atoms with Gasteiger partial charge >= 0.3 is 12.1 Å². The number of anilines is 1. The molecular formula is C42H47N3O6. The molecule has 0 radical (unpaired) electrons. The maximum absolute atomic E-state index is 14.4. The molecule has 5 aromatic rings. The highest BCUT2D eigenvalue weighted by Crippen LogP contribution is 2.29. The zero-order valence-electron chi connectivity index (χ0n) is 29.7. The van der Waals surface area contributed by atoms with Gasteiger partial charge in [-0.1, -0.05) is 113 Å². The number of hydrogen-bond donors (Lipinski definition) is 1. The zero-order valence-corrected chi connectivity index (χ0v) is 29.7. The molecule has 0 aliphatic heterocycles. The first-order chi connectivity index (χ1) is 24.8. The van der Waals surface area contributed by atoms with Gasteiger partial charge in [0.2, 0.25) is 6.10 Å². The average Bonchev–Trinajstić information content (AvgIpc) is 3.14. The van der Waals surface area contributed by atoms with E-state index in [9.17, 15) is 19.5 Å². The number of carbonyl (C=O) groups excluding carboxylic acids is 1. The first kappa shape index (κ1) is 36.8. The minimum Gasteiger partial charge on any atom is -0.478 e. The minimum absolute atomic E-state index is 0.195. The third kappa shape index (κ3) is 9.42. The molecule has 266 valence electrons. The van der Waals surface area contributed by atoms with Gasteiger partial charge < -0.3 is 14.6 Å². The van der Waals surface area contributed by atoms with Crippen molar-refractivity contribution < 1.29 is 24.2 Å². The standard InChI is InChI=1S/C42H47N3O6/c1-4-7-20-38-43-36-23-22-34(44(42(49)50-25-8-5-2)28-30-16-11-9-12-17-30)27-35(36)40(46)45(38)29-31-21-24-37(33(26-31)15-6-3)51-39(41(47)48)32-18-13-10-14-19-32/h9-14,16-19,21-24,26-27,39H,4-8,15,20,25,28-29H2,1-3H3,(H,47,48). The second-order valence-electron chi connectivity index (χ2n) is 12.7. The Hall–Kier alpha value is -5.44. The van der Waals surface area contributed by atoms with E-state index < -0.39 is 18.2 Å². The van der Waals surface area contributed by atoms with Crippen molar-refractivity contribution in [1.29, 1.82) is 0 Å². The molecule has 1 amide bonds. The van der Waals surface area contributed by atoms with E-state index in [0.717, 1.165) is 48.8 Å². The number of fused-ring (bicyclic) bond motifs is 1. The number of benzene rings is 4. The van der Waals surface area contributed by atoms with Crippen LogP contribution < -0.4 is 15.2 Å². The van der Waals surface area contributed by atoms with Crippen LogP contribution in [0.1, 0.15) is 87.1 Å². The third-order valence-corrected chi connectivity index (χ3v) is 8.77. The van der Waals surface area contributed by atoms with Crippen molar-refractivity contribution >= 4 is 28.7 Å². The van der Waals surface area contributed by atoms with Crippen LogP contribution in [-0.4, -0.2) is 33.3 Å². The Morgan fingerprint density at radius 2 is 1.55 bits per heavy atom. The molecule has 0 aliphatic rings. The average molecular weight is 690 g/mol. The lowest BCUT2D eigenvalue weighted by Crippen LogP contribution is -2.32. The molecule has 1 atom stereocenters. The number of hydrogen-bond acceptors (Lipinski definition) is 6. The van der Waals surface area contributed by atoms with Crippen molar-refractivity contribution in [2.24, 2.45) is 0 Å². The summed E-state index contributed by atoms with van der Waals surface area (Å²) < 4.78 is 13.5. The lowest BCUT2D eigenvalue weighted by atomic mass is 10.0. The number of aromatic nitrogens is 2. The molecule has 1 heterocycles. The molecule has 1 aromatic heterocycles. The number of nitrogens with zero attached hydrogens (tertiary/aromatic N) is 3. The fraction of sp³-hybridized carbons (Fsp3) is 0.333. The molecule has 1 unspecified atom stereocenters. The molecule has 0 saturated heterocycles. The van der Waals surface area contributed by atoms with Crippen LogP contribution in [0.4, 0.5) is 10.5 Å². The van der Waals surface area contributed by atoms with Crippen molar-refractivity contribution in [3.05, 3.63) is 135 Å². The van der Waals surface area contributed by atoms with Gasteiger partial charge in [-0.3, -0.25) is 14.3 Å². The van der Waals surface area contributed by atoms with Gasteiger partial charge in [-0.25, -0.2) is 14.6 Å². The lowest BCUT2D eigenvalue weighted by molar-refractivity contribution is -0.145. The van der Waals surface area contributed by atoms with Crippen LogP contribution in [0.5, 0.6) is 5.75 Å². The van der Waals surface area contributed by atoms with Crippen molar-refractivity contribution in [2.45, 2.75) is 84.9 Å². The van der Waals surface area contributed by atoms with Crippen LogP contribution in [0.25, 0.3) is 10.9 Å². The van der Waals surface area contributed by atoms with Crippen LogP contribution in [0.2, 0.25) is 0 Å². The normalized spacial score (nSPS) is 11.7. The number of amides is 1. The van der Waals surface area contributed by atoms with Gasteiger partial charge in [-0.2, -0.15) is 0 Å². The fourth-order valence-electron chi connectivity index (χ4n) is 6.03. The van der Waals surface area contributed by atoms with E-state index in [1.165, 1.54) is 0 Å². The van der Waals surface area contributed by atoms with Crippen LogP contribution in [0, 0.1) is 0 Å². The molecule has 5 rings (SSSR count). The molecule has 0 saturated carbocycles. The second-order valence-corrected chi connectivity index (χ2v) is 12.7. The summed E-state index contributed by atoms with van der Waals surface area (Å²) in [6.07, 6.45) is 3.99. The predicted molar refractivity (Wildman–Crippen MR) is 200 cm³/mol. The summed E-state index contributed by atoms with van der Waals surface area (Å²) in [5.41, 5.74) is 4.17. The Labute approximate surface area is 299 Å². The zero-order chi connectivity index (χ0) is 36.2. The van der Waals surface area contributed by atoms with Gasteiger partial charge in [-0.15, -0.1) is 0 Å². The van der Waals surface area contributed by atoms with Crippen molar-refractivity contribution in [1.82, 2.24) is 9.55 Å². The van der Waals surface area contributed by atoms with Gasteiger partial charge in [0, 0.05) is 17.7 Å². The highest BCUT2D eigenvalue weighted by Gasteiger charge is 2.24. The van der Waals surface area contributed by atoms with Crippen LogP contribution in [0.15, 0.2) is 102 Å². The predicted octanol–water partition coefficient (Wildman–Crippen LogP) is 8.89. The number of aliphatic carboxylic acids is 1. The maximum Gasteiger partial charge on any atom is 0.414 e. The summed E-state index contributed by atoms with van der Waals surface area (Å²) in [6, 6.07) is 29.6.